The lowest BCUT2D eigenvalue weighted by Crippen LogP contribution is -2.67. The van der Waals surface area contributed by atoms with E-state index in [9.17, 15) is 19.8 Å². The highest BCUT2D eigenvalue weighted by Crippen LogP contribution is 2.48. The molecule has 1 aliphatic carbocycles. The molecule has 0 aromatic heterocycles. The lowest BCUT2D eigenvalue weighted by molar-refractivity contribution is -0.385. The van der Waals surface area contributed by atoms with E-state index in [4.69, 9.17) is 28.4 Å². The second-order valence-corrected chi connectivity index (χ2v) is 15.5. The van der Waals surface area contributed by atoms with Crippen LogP contribution in [0.2, 0.25) is 0 Å². The standard InChI is InChI=1S/C40H60O10/c1-9-11-14-25(5)37(42)48-34-27(7)32(10-2)50-39(35(34)41)21-30-20-29(49-39)17-16-24(4)18-23(3)13-12-15-28-22-46-36-33(45-8)26(6)19-31(38(43)47-30)40(28,36)44/h12-13,15-16,19,23,25,27,29-36,41,44H,9-11,14,17-18,20-22H2,1-8H3/b13-12+,24-16+,28-15+/t23-,25?,27+,29+,30-,31-,32+,33+,34?,35?,36+,39-,40+/m0/s1. The van der Waals surface area contributed by atoms with Crippen LogP contribution >= 0.6 is 0 Å². The largest absolute Gasteiger partial charge is 0.462 e. The van der Waals surface area contributed by atoms with E-state index in [0.717, 1.165) is 24.8 Å². The number of fused-ring (bicyclic) bond motifs is 2. The number of methoxy groups -OCH3 is 1. The fourth-order valence-corrected chi connectivity index (χ4v) is 8.61. The SMILES string of the molecule is CCCCC(C)C(=O)OC1C(O)[C@]2(C[C@@H]3C[C@@H](C/C=C(\C)C[C@@H](C)/C=C/C=C4\CO[C@@H]5[C@H](OC)C(C)=C[C@@H](C(=O)O3)[C@]45O)O2)O[C@H](CC)[C@H]1C. The van der Waals surface area contributed by atoms with Crippen molar-refractivity contribution in [1.29, 1.82) is 0 Å². The molecule has 5 aliphatic rings. The first-order valence-corrected chi connectivity index (χ1v) is 18.8. The summed E-state index contributed by atoms with van der Waals surface area (Å²) in [4.78, 5) is 27.6. The molecule has 10 heteroatoms. The second kappa shape index (κ2) is 16.1. The van der Waals surface area contributed by atoms with Crippen molar-refractivity contribution in [2.24, 2.45) is 23.7 Å². The molecule has 4 heterocycles. The molecule has 2 N–H and O–H groups in total. The Kier molecular flexibility index (Phi) is 12.5. The molecule has 3 fully saturated rings. The number of allylic oxidation sites excluding steroid dienone is 4. The van der Waals surface area contributed by atoms with Gasteiger partial charge in [-0.15, -0.1) is 0 Å². The predicted molar refractivity (Wildman–Crippen MR) is 188 cm³/mol. The van der Waals surface area contributed by atoms with Gasteiger partial charge in [0.25, 0.3) is 0 Å². The highest BCUT2D eigenvalue weighted by molar-refractivity contribution is 5.78. The molecule has 3 unspecified atom stereocenters. The van der Waals surface area contributed by atoms with Gasteiger partial charge in [-0.25, -0.2) is 0 Å². The summed E-state index contributed by atoms with van der Waals surface area (Å²) in [5.41, 5.74) is 0.852. The third kappa shape index (κ3) is 7.71. The number of hydrogen-bond acceptors (Lipinski definition) is 10. The summed E-state index contributed by atoms with van der Waals surface area (Å²) in [6.45, 7) is 14.1. The topological polar surface area (TPSA) is 130 Å². The number of unbranched alkanes of at least 4 members (excludes halogenated alkanes) is 1. The summed E-state index contributed by atoms with van der Waals surface area (Å²) >= 11 is 0. The zero-order valence-corrected chi connectivity index (χ0v) is 31.3. The Labute approximate surface area is 298 Å². The Hall–Kier alpha value is -2.34. The van der Waals surface area contributed by atoms with Crippen LogP contribution in [0.5, 0.6) is 0 Å². The van der Waals surface area contributed by atoms with Gasteiger partial charge in [-0.3, -0.25) is 9.59 Å². The Morgan fingerprint density at radius 3 is 2.62 bits per heavy atom. The summed E-state index contributed by atoms with van der Waals surface area (Å²) in [6, 6.07) is 0. The van der Waals surface area contributed by atoms with Crippen LogP contribution in [0.25, 0.3) is 0 Å². The van der Waals surface area contributed by atoms with E-state index in [-0.39, 0.29) is 42.9 Å². The Bertz CT molecular complexity index is 1350. The van der Waals surface area contributed by atoms with Crippen molar-refractivity contribution >= 4 is 11.9 Å². The molecule has 2 bridgehead atoms. The van der Waals surface area contributed by atoms with Gasteiger partial charge in [0.15, 0.2) is 0 Å². The first kappa shape index (κ1) is 38.9. The highest BCUT2D eigenvalue weighted by atomic mass is 16.7. The van der Waals surface area contributed by atoms with Crippen molar-refractivity contribution in [2.45, 2.75) is 154 Å². The van der Waals surface area contributed by atoms with Crippen LogP contribution in [0.4, 0.5) is 0 Å². The van der Waals surface area contributed by atoms with Gasteiger partial charge in [0, 0.05) is 25.9 Å². The Morgan fingerprint density at radius 1 is 1.16 bits per heavy atom. The number of aliphatic hydroxyl groups is 2. The van der Waals surface area contributed by atoms with Crippen molar-refractivity contribution in [3.8, 4) is 0 Å². The number of rotatable bonds is 7. The zero-order chi connectivity index (χ0) is 36.4. The van der Waals surface area contributed by atoms with Crippen LogP contribution in [0.1, 0.15) is 99.8 Å². The molecule has 10 nitrogen and oxygen atoms in total. The van der Waals surface area contributed by atoms with Gasteiger partial charge >= 0.3 is 11.9 Å². The molecule has 0 aromatic rings. The highest BCUT2D eigenvalue weighted by Gasteiger charge is 2.62. The molecule has 1 spiro atoms. The summed E-state index contributed by atoms with van der Waals surface area (Å²) in [5, 5.41) is 24.5. The fourth-order valence-electron chi connectivity index (χ4n) is 8.61. The third-order valence-electron chi connectivity index (χ3n) is 11.6. The van der Waals surface area contributed by atoms with E-state index >= 15 is 0 Å². The molecule has 0 amide bonds. The zero-order valence-electron chi connectivity index (χ0n) is 31.3. The van der Waals surface area contributed by atoms with Gasteiger partial charge < -0.3 is 38.6 Å². The number of ether oxygens (including phenoxy) is 6. The Balaban J connectivity index is 1.52. The number of carbonyl (C=O) groups is 2. The third-order valence-corrected chi connectivity index (χ3v) is 11.6. The van der Waals surface area contributed by atoms with E-state index < -0.39 is 59.9 Å². The van der Waals surface area contributed by atoms with Crippen molar-refractivity contribution in [3.05, 3.63) is 47.1 Å². The Morgan fingerprint density at radius 2 is 1.92 bits per heavy atom. The number of carbonyl (C=O) groups excluding carboxylic acids is 2. The molecule has 4 aliphatic heterocycles. The number of hydrogen-bond donors (Lipinski definition) is 2. The molecule has 0 saturated carbocycles. The van der Waals surface area contributed by atoms with Crippen molar-refractivity contribution < 1.29 is 48.2 Å². The minimum absolute atomic E-state index is 0.0404. The minimum Gasteiger partial charge on any atom is -0.462 e. The van der Waals surface area contributed by atoms with Gasteiger partial charge in [-0.05, 0) is 56.6 Å². The van der Waals surface area contributed by atoms with Crippen LogP contribution in [-0.4, -0.2) is 90.0 Å². The normalized spacial score (nSPS) is 44.1. The van der Waals surface area contributed by atoms with Crippen molar-refractivity contribution in [3.63, 3.8) is 0 Å². The van der Waals surface area contributed by atoms with Gasteiger partial charge in [-0.1, -0.05) is 83.4 Å². The van der Waals surface area contributed by atoms with E-state index in [1.54, 1.807) is 13.2 Å². The monoisotopic (exact) mass is 700 g/mol. The van der Waals surface area contributed by atoms with Gasteiger partial charge in [0.1, 0.15) is 42.0 Å². The average molecular weight is 701 g/mol. The van der Waals surface area contributed by atoms with Crippen LogP contribution in [0.15, 0.2) is 47.1 Å². The van der Waals surface area contributed by atoms with E-state index in [0.29, 0.717) is 31.3 Å². The lowest BCUT2D eigenvalue weighted by atomic mass is 9.70. The molecule has 5 rings (SSSR count). The molecule has 3 saturated heterocycles. The van der Waals surface area contributed by atoms with Crippen molar-refractivity contribution in [1.82, 2.24) is 0 Å². The molecule has 0 aromatic carbocycles. The fraction of sp³-hybridized carbons (Fsp3) is 0.750. The maximum absolute atomic E-state index is 14.3. The van der Waals surface area contributed by atoms with Gasteiger partial charge in [0.2, 0.25) is 5.79 Å². The molecule has 50 heavy (non-hydrogen) atoms. The predicted octanol–water partition coefficient (Wildman–Crippen LogP) is 5.90. The van der Waals surface area contributed by atoms with Crippen LogP contribution in [0.3, 0.4) is 0 Å². The van der Waals surface area contributed by atoms with Gasteiger partial charge in [0.05, 0.1) is 24.7 Å². The molecule has 280 valence electrons. The summed E-state index contributed by atoms with van der Waals surface area (Å²) in [5.74, 6) is -3.97. The van der Waals surface area contributed by atoms with E-state index in [1.165, 1.54) is 5.57 Å². The lowest BCUT2D eigenvalue weighted by Gasteiger charge is -2.54. The van der Waals surface area contributed by atoms with Gasteiger partial charge in [-0.2, -0.15) is 0 Å². The number of esters is 2. The summed E-state index contributed by atoms with van der Waals surface area (Å²) < 4.78 is 37.7. The first-order valence-electron chi connectivity index (χ1n) is 18.8. The molecule has 0 radical (unpaired) electrons. The van der Waals surface area contributed by atoms with Crippen LogP contribution < -0.4 is 0 Å². The molecular formula is C40H60O10. The maximum Gasteiger partial charge on any atom is 0.316 e. The van der Waals surface area contributed by atoms with E-state index in [1.807, 2.05) is 39.8 Å². The minimum atomic E-state index is -1.68. The molecule has 13 atom stereocenters. The van der Waals surface area contributed by atoms with Crippen LogP contribution in [0, 0.1) is 23.7 Å². The summed E-state index contributed by atoms with van der Waals surface area (Å²) in [6.07, 6.45) is 9.61. The summed E-state index contributed by atoms with van der Waals surface area (Å²) in [7, 11) is 1.57. The quantitative estimate of drug-likeness (QED) is 0.245. The number of aliphatic hydroxyl groups excluding tert-OH is 1. The smallest absolute Gasteiger partial charge is 0.316 e. The second-order valence-electron chi connectivity index (χ2n) is 15.5. The van der Waals surface area contributed by atoms with E-state index in [2.05, 4.69) is 32.9 Å². The molecular weight excluding hydrogens is 640 g/mol. The van der Waals surface area contributed by atoms with Crippen molar-refractivity contribution in [2.75, 3.05) is 13.7 Å². The average Bonchev–Trinajstić information content (AvgIpc) is 3.41. The maximum atomic E-state index is 14.3. The first-order chi connectivity index (χ1) is 23.8. The van der Waals surface area contributed by atoms with Crippen LogP contribution in [-0.2, 0) is 38.0 Å².